The molecular weight excluding hydrogens is 270 g/mol. The summed E-state index contributed by atoms with van der Waals surface area (Å²) in [5.41, 5.74) is 1.71. The number of aromatic amines is 1. The first-order valence-corrected chi connectivity index (χ1v) is 7.18. The predicted octanol–water partition coefficient (Wildman–Crippen LogP) is -0.155. The Labute approximate surface area is 124 Å². The molecule has 0 saturated heterocycles. The maximum atomic E-state index is 12.1. The number of rotatable bonds is 4. The van der Waals surface area contributed by atoms with Crippen LogP contribution >= 0.6 is 0 Å². The van der Waals surface area contributed by atoms with Crippen LogP contribution in [0.2, 0.25) is 0 Å². The summed E-state index contributed by atoms with van der Waals surface area (Å²) in [5, 5.41) is 8.81. The van der Waals surface area contributed by atoms with Crippen molar-refractivity contribution in [3.63, 3.8) is 0 Å². The molecule has 2 amide bonds. The van der Waals surface area contributed by atoms with E-state index in [-0.39, 0.29) is 29.8 Å². The average molecular weight is 293 g/mol. The van der Waals surface area contributed by atoms with Gasteiger partial charge in [0.05, 0.1) is 23.8 Å². The molecule has 0 aliphatic carbocycles. The van der Waals surface area contributed by atoms with Crippen LogP contribution in [-0.2, 0) is 22.6 Å². The highest BCUT2D eigenvalue weighted by Gasteiger charge is 2.25. The van der Waals surface area contributed by atoms with Crippen LogP contribution in [0.5, 0.6) is 0 Å². The van der Waals surface area contributed by atoms with Crippen LogP contribution in [0.25, 0.3) is 0 Å². The van der Waals surface area contributed by atoms with E-state index in [0.717, 1.165) is 11.4 Å². The lowest BCUT2D eigenvalue weighted by Gasteiger charge is -2.23. The Morgan fingerprint density at radius 2 is 2.19 bits per heavy atom. The van der Waals surface area contributed by atoms with Gasteiger partial charge in [-0.2, -0.15) is 0 Å². The molecule has 2 heterocycles. The van der Waals surface area contributed by atoms with Crippen LogP contribution in [-0.4, -0.2) is 39.9 Å². The average Bonchev–Trinajstić information content (AvgIpc) is 2.83. The topological polar surface area (TPSA) is 98.9 Å². The van der Waals surface area contributed by atoms with Crippen molar-refractivity contribution in [1.29, 1.82) is 0 Å². The molecule has 0 spiro atoms. The van der Waals surface area contributed by atoms with E-state index in [2.05, 4.69) is 25.9 Å². The second-order valence-corrected chi connectivity index (χ2v) is 6.30. The number of hydrogen-bond acceptors (Lipinski definition) is 4. The van der Waals surface area contributed by atoms with Crippen molar-refractivity contribution >= 4 is 11.8 Å². The minimum Gasteiger partial charge on any atom is -0.354 e. The molecule has 0 bridgehead atoms. The number of carbonyl (C=O) groups excluding carboxylic acids is 2. The second kappa shape index (κ2) is 6.26. The van der Waals surface area contributed by atoms with E-state index in [9.17, 15) is 9.59 Å². The lowest BCUT2D eigenvalue weighted by Crippen LogP contribution is -2.48. The van der Waals surface area contributed by atoms with Crippen LogP contribution < -0.4 is 16.0 Å². The van der Waals surface area contributed by atoms with Crippen molar-refractivity contribution in [2.24, 2.45) is 0 Å². The van der Waals surface area contributed by atoms with Crippen LogP contribution in [0.3, 0.4) is 0 Å². The number of fused-ring (bicyclic) bond motifs is 1. The monoisotopic (exact) mass is 293 g/mol. The fraction of sp³-hybridized carbons (Fsp3) is 0.643. The summed E-state index contributed by atoms with van der Waals surface area (Å²) >= 11 is 0. The molecule has 4 N–H and O–H groups in total. The summed E-state index contributed by atoms with van der Waals surface area (Å²) < 4.78 is 0. The van der Waals surface area contributed by atoms with Gasteiger partial charge in [-0.25, -0.2) is 4.98 Å². The minimum atomic E-state index is -0.286. The Morgan fingerprint density at radius 3 is 2.90 bits per heavy atom. The quantitative estimate of drug-likeness (QED) is 0.620. The molecule has 7 nitrogen and oxygen atoms in total. The molecule has 1 unspecified atom stereocenters. The molecule has 1 atom stereocenters. The molecule has 2 rings (SSSR count). The molecule has 0 fully saturated rings. The van der Waals surface area contributed by atoms with E-state index in [4.69, 9.17) is 0 Å². The summed E-state index contributed by atoms with van der Waals surface area (Å²) in [6.45, 7) is 6.73. The fourth-order valence-corrected chi connectivity index (χ4v) is 2.26. The summed E-state index contributed by atoms with van der Waals surface area (Å²) in [4.78, 5) is 30.9. The Morgan fingerprint density at radius 1 is 1.43 bits per heavy atom. The third-order valence-electron chi connectivity index (χ3n) is 3.21. The van der Waals surface area contributed by atoms with Gasteiger partial charge in [-0.05, 0) is 20.8 Å². The molecule has 7 heteroatoms. The first-order chi connectivity index (χ1) is 9.85. The van der Waals surface area contributed by atoms with Gasteiger partial charge in [0.1, 0.15) is 0 Å². The third-order valence-corrected chi connectivity index (χ3v) is 3.21. The normalized spacial score (nSPS) is 18.0. The Balaban J connectivity index is 1.72. The smallest absolute Gasteiger partial charge is 0.237 e. The zero-order valence-electron chi connectivity index (χ0n) is 12.7. The number of hydrogen-bond donors (Lipinski definition) is 4. The predicted molar refractivity (Wildman–Crippen MR) is 78.4 cm³/mol. The SMILES string of the molecule is CC(C)(C)NC(=O)CCNC(=O)C1Cc2nc[nH]c2CN1. The number of nitrogens with zero attached hydrogens (tertiary/aromatic N) is 1. The Kier molecular flexibility index (Phi) is 4.62. The molecule has 0 saturated carbocycles. The van der Waals surface area contributed by atoms with Crippen molar-refractivity contribution in [1.82, 2.24) is 25.9 Å². The maximum Gasteiger partial charge on any atom is 0.237 e. The van der Waals surface area contributed by atoms with Gasteiger partial charge >= 0.3 is 0 Å². The minimum absolute atomic E-state index is 0.0611. The molecule has 1 aromatic rings. The molecule has 1 aromatic heterocycles. The third kappa shape index (κ3) is 4.56. The van der Waals surface area contributed by atoms with E-state index in [0.29, 0.717) is 19.5 Å². The number of carbonyl (C=O) groups is 2. The summed E-state index contributed by atoms with van der Waals surface area (Å²) in [6.07, 6.45) is 2.49. The maximum absolute atomic E-state index is 12.1. The van der Waals surface area contributed by atoms with Gasteiger partial charge in [-0.15, -0.1) is 0 Å². The van der Waals surface area contributed by atoms with Gasteiger partial charge in [0.25, 0.3) is 0 Å². The standard InChI is InChI=1S/C14H23N5O2/c1-14(2,3)19-12(20)4-5-15-13(21)10-6-9-11(7-16-10)18-8-17-9/h8,10,16H,4-7H2,1-3H3,(H,15,21)(H,17,18)(H,19,20). The summed E-state index contributed by atoms with van der Waals surface area (Å²) in [7, 11) is 0. The molecule has 1 aliphatic rings. The lowest BCUT2D eigenvalue weighted by molar-refractivity contribution is -0.124. The Bertz CT molecular complexity index is 518. The number of nitrogens with one attached hydrogen (secondary N) is 4. The van der Waals surface area contributed by atoms with Crippen molar-refractivity contribution in [2.45, 2.75) is 51.7 Å². The molecule has 1 aliphatic heterocycles. The number of H-pyrrole nitrogens is 1. The molecular formula is C14H23N5O2. The number of aromatic nitrogens is 2. The van der Waals surface area contributed by atoms with Crippen molar-refractivity contribution < 1.29 is 9.59 Å². The van der Waals surface area contributed by atoms with Gasteiger partial charge < -0.3 is 15.6 Å². The highest BCUT2D eigenvalue weighted by atomic mass is 16.2. The number of imidazole rings is 1. The van der Waals surface area contributed by atoms with E-state index in [1.165, 1.54) is 0 Å². The second-order valence-electron chi connectivity index (χ2n) is 6.30. The van der Waals surface area contributed by atoms with E-state index in [1.54, 1.807) is 6.33 Å². The first-order valence-electron chi connectivity index (χ1n) is 7.18. The van der Waals surface area contributed by atoms with E-state index < -0.39 is 0 Å². The van der Waals surface area contributed by atoms with Crippen molar-refractivity contribution in [3.05, 3.63) is 17.7 Å². The molecule has 21 heavy (non-hydrogen) atoms. The van der Waals surface area contributed by atoms with Gasteiger partial charge in [-0.1, -0.05) is 0 Å². The molecule has 0 aromatic carbocycles. The molecule has 116 valence electrons. The first kappa shape index (κ1) is 15.5. The van der Waals surface area contributed by atoms with Gasteiger partial charge in [0.15, 0.2) is 0 Å². The largest absolute Gasteiger partial charge is 0.354 e. The molecule has 0 radical (unpaired) electrons. The lowest BCUT2D eigenvalue weighted by atomic mass is 10.0. The zero-order valence-corrected chi connectivity index (χ0v) is 12.7. The van der Waals surface area contributed by atoms with Gasteiger partial charge in [0, 0.05) is 31.5 Å². The van der Waals surface area contributed by atoms with Crippen LogP contribution in [0, 0.1) is 0 Å². The van der Waals surface area contributed by atoms with Gasteiger partial charge in [0.2, 0.25) is 11.8 Å². The Hall–Kier alpha value is -1.89. The van der Waals surface area contributed by atoms with Crippen LogP contribution in [0.15, 0.2) is 6.33 Å². The van der Waals surface area contributed by atoms with Crippen LogP contribution in [0.1, 0.15) is 38.6 Å². The fourth-order valence-electron chi connectivity index (χ4n) is 2.26. The summed E-state index contributed by atoms with van der Waals surface area (Å²) in [6, 6.07) is -0.286. The highest BCUT2D eigenvalue weighted by molar-refractivity contribution is 5.83. The van der Waals surface area contributed by atoms with Gasteiger partial charge in [-0.3, -0.25) is 14.9 Å². The van der Waals surface area contributed by atoms with E-state index >= 15 is 0 Å². The highest BCUT2D eigenvalue weighted by Crippen LogP contribution is 2.11. The van der Waals surface area contributed by atoms with Crippen molar-refractivity contribution in [3.8, 4) is 0 Å². The van der Waals surface area contributed by atoms with E-state index in [1.807, 2.05) is 20.8 Å². The van der Waals surface area contributed by atoms with Crippen molar-refractivity contribution in [2.75, 3.05) is 6.54 Å². The zero-order chi connectivity index (χ0) is 15.5. The van der Waals surface area contributed by atoms with Crippen LogP contribution in [0.4, 0.5) is 0 Å². The number of amides is 2. The summed E-state index contributed by atoms with van der Waals surface area (Å²) in [5.74, 6) is -0.152.